The van der Waals surface area contributed by atoms with Gasteiger partial charge >= 0.3 is 11.7 Å². The molecule has 0 saturated heterocycles. The maximum atomic E-state index is 11.2. The van der Waals surface area contributed by atoms with Gasteiger partial charge in [-0.25, -0.2) is 4.98 Å². The number of rotatable bonds is 7. The number of phenolic OH excluding ortho intramolecular Hbond substituents is 1. The summed E-state index contributed by atoms with van der Waals surface area (Å²) in [7, 11) is 2.58. The number of hydrogen-bond donors (Lipinski definition) is 2. The predicted octanol–water partition coefficient (Wildman–Crippen LogP) is 1.93. The van der Waals surface area contributed by atoms with Gasteiger partial charge in [-0.05, 0) is 6.07 Å². The third kappa shape index (κ3) is 4.64. The van der Waals surface area contributed by atoms with Gasteiger partial charge in [0.05, 0.1) is 37.5 Å². The minimum absolute atomic E-state index is 0.0368. The molecule has 132 valence electrons. The Labute approximate surface area is 145 Å². The lowest BCUT2D eigenvalue weighted by molar-refractivity contribution is -0.386. The highest BCUT2D eigenvalue weighted by atomic mass is 32.1. The SMILES string of the molecule is COC(=O)Cc1csc(N/N=C\c2cc(OC)c(O)c([N+](=O)[O-])c2)n1. The third-order valence-electron chi connectivity index (χ3n) is 2.97. The van der Waals surface area contributed by atoms with E-state index in [1.165, 1.54) is 37.8 Å². The number of aromatic nitrogens is 1. The largest absolute Gasteiger partial charge is 0.500 e. The maximum absolute atomic E-state index is 11.2. The van der Waals surface area contributed by atoms with Gasteiger partial charge in [0, 0.05) is 17.0 Å². The molecular formula is C14H14N4O6S. The summed E-state index contributed by atoms with van der Waals surface area (Å²) in [5, 5.41) is 26.7. The van der Waals surface area contributed by atoms with Gasteiger partial charge in [0.2, 0.25) is 10.9 Å². The number of methoxy groups -OCH3 is 2. The molecular weight excluding hydrogens is 352 g/mol. The topological polar surface area (TPSA) is 136 Å². The first-order valence-corrected chi connectivity index (χ1v) is 7.68. The summed E-state index contributed by atoms with van der Waals surface area (Å²) in [5.41, 5.74) is 3.05. The van der Waals surface area contributed by atoms with Gasteiger partial charge < -0.3 is 14.6 Å². The molecule has 2 rings (SSSR count). The number of nitrogens with zero attached hydrogens (tertiary/aromatic N) is 3. The standard InChI is InChI=1S/C14H14N4O6S/c1-23-11-4-8(3-10(13(11)20)18(21)22)6-15-17-14-16-9(7-25-14)5-12(19)24-2/h3-4,6-7,20H,5H2,1-2H3,(H,16,17)/b15-6-. The van der Waals surface area contributed by atoms with Gasteiger partial charge in [0.1, 0.15) is 0 Å². The van der Waals surface area contributed by atoms with Crippen molar-refractivity contribution in [2.24, 2.45) is 5.10 Å². The zero-order valence-corrected chi connectivity index (χ0v) is 14.1. The van der Waals surface area contributed by atoms with Crippen LogP contribution in [-0.4, -0.2) is 41.4 Å². The van der Waals surface area contributed by atoms with E-state index in [4.69, 9.17) is 4.74 Å². The van der Waals surface area contributed by atoms with Gasteiger partial charge in [0.25, 0.3) is 0 Å². The molecule has 0 aliphatic rings. The minimum atomic E-state index is -0.720. The van der Waals surface area contributed by atoms with Crippen molar-refractivity contribution in [3.63, 3.8) is 0 Å². The van der Waals surface area contributed by atoms with Crippen LogP contribution in [0.1, 0.15) is 11.3 Å². The first-order chi connectivity index (χ1) is 11.9. The predicted molar refractivity (Wildman–Crippen MR) is 90.4 cm³/mol. The number of nitro benzene ring substituents is 1. The number of carbonyl (C=O) groups is 1. The van der Waals surface area contributed by atoms with Crippen LogP contribution < -0.4 is 10.2 Å². The number of nitro groups is 1. The monoisotopic (exact) mass is 366 g/mol. The Morgan fingerprint density at radius 1 is 1.52 bits per heavy atom. The number of ether oxygens (including phenoxy) is 2. The lowest BCUT2D eigenvalue weighted by atomic mass is 10.2. The van der Waals surface area contributed by atoms with Crippen LogP contribution in [0.3, 0.4) is 0 Å². The fourth-order valence-electron chi connectivity index (χ4n) is 1.80. The molecule has 25 heavy (non-hydrogen) atoms. The van der Waals surface area contributed by atoms with Crippen LogP contribution >= 0.6 is 11.3 Å². The van der Waals surface area contributed by atoms with Crippen LogP contribution in [0, 0.1) is 10.1 Å². The van der Waals surface area contributed by atoms with Gasteiger partial charge in [-0.3, -0.25) is 20.3 Å². The van der Waals surface area contributed by atoms with E-state index in [0.717, 1.165) is 6.07 Å². The average molecular weight is 366 g/mol. The van der Waals surface area contributed by atoms with Crippen LogP contribution in [0.15, 0.2) is 22.6 Å². The number of thiazole rings is 1. The zero-order chi connectivity index (χ0) is 18.4. The Morgan fingerprint density at radius 3 is 2.92 bits per heavy atom. The highest BCUT2D eigenvalue weighted by Gasteiger charge is 2.19. The number of nitrogens with one attached hydrogen (secondary N) is 1. The quantitative estimate of drug-likeness (QED) is 0.328. The third-order valence-corrected chi connectivity index (χ3v) is 3.77. The molecule has 0 aliphatic carbocycles. The zero-order valence-electron chi connectivity index (χ0n) is 13.3. The molecule has 2 N–H and O–H groups in total. The van der Waals surface area contributed by atoms with Crippen LogP contribution in [0.2, 0.25) is 0 Å². The first-order valence-electron chi connectivity index (χ1n) is 6.80. The van der Waals surface area contributed by atoms with Crippen LogP contribution in [0.25, 0.3) is 0 Å². The van der Waals surface area contributed by atoms with E-state index in [1.807, 2.05) is 0 Å². The molecule has 1 aromatic carbocycles. The summed E-state index contributed by atoms with van der Waals surface area (Å²) in [5.74, 6) is -0.987. The van der Waals surface area contributed by atoms with E-state index in [1.54, 1.807) is 5.38 Å². The van der Waals surface area contributed by atoms with E-state index in [9.17, 15) is 20.0 Å². The number of anilines is 1. The van der Waals surface area contributed by atoms with Crippen molar-refractivity contribution in [3.8, 4) is 11.5 Å². The number of hydrazone groups is 1. The highest BCUT2D eigenvalue weighted by Crippen LogP contribution is 2.36. The summed E-state index contributed by atoms with van der Waals surface area (Å²) in [6, 6.07) is 2.56. The van der Waals surface area contributed by atoms with E-state index >= 15 is 0 Å². The molecule has 0 radical (unpaired) electrons. The molecule has 2 aromatic rings. The lowest BCUT2D eigenvalue weighted by Crippen LogP contribution is -2.04. The minimum Gasteiger partial charge on any atom is -0.500 e. The van der Waals surface area contributed by atoms with Gasteiger partial charge in [-0.2, -0.15) is 5.10 Å². The van der Waals surface area contributed by atoms with Gasteiger partial charge in [-0.1, -0.05) is 0 Å². The lowest BCUT2D eigenvalue weighted by Gasteiger charge is -2.04. The molecule has 10 nitrogen and oxygen atoms in total. The van der Waals surface area contributed by atoms with Crippen molar-refractivity contribution < 1.29 is 24.3 Å². The smallest absolute Gasteiger partial charge is 0.315 e. The molecule has 0 amide bonds. The molecule has 0 fully saturated rings. The second kappa shape index (κ2) is 8.06. The Bertz CT molecular complexity index is 820. The fourth-order valence-corrected chi connectivity index (χ4v) is 2.46. The maximum Gasteiger partial charge on any atom is 0.315 e. The number of aromatic hydroxyl groups is 1. The van der Waals surface area contributed by atoms with Crippen molar-refractivity contribution in [1.82, 2.24) is 4.98 Å². The molecule has 0 spiro atoms. The summed E-state index contributed by atoms with van der Waals surface area (Å²) in [6.07, 6.45) is 1.37. The summed E-state index contributed by atoms with van der Waals surface area (Å²) >= 11 is 1.24. The van der Waals surface area contributed by atoms with Gasteiger partial charge in [0.15, 0.2) is 5.75 Å². The molecule has 0 bridgehead atoms. The summed E-state index contributed by atoms with van der Waals surface area (Å²) in [4.78, 5) is 25.5. The number of esters is 1. The molecule has 0 unspecified atom stereocenters. The van der Waals surface area contributed by atoms with Crippen LogP contribution in [0.5, 0.6) is 11.5 Å². The fraction of sp³-hybridized carbons (Fsp3) is 0.214. The Hall–Kier alpha value is -3.21. The van der Waals surface area contributed by atoms with Crippen molar-refractivity contribution in [2.45, 2.75) is 6.42 Å². The number of carbonyl (C=O) groups excluding carboxylic acids is 1. The second-order valence-electron chi connectivity index (χ2n) is 4.61. The molecule has 1 heterocycles. The molecule has 0 atom stereocenters. The van der Waals surface area contributed by atoms with Gasteiger partial charge in [-0.15, -0.1) is 11.3 Å². The van der Waals surface area contributed by atoms with Crippen molar-refractivity contribution in [2.75, 3.05) is 19.6 Å². The van der Waals surface area contributed by atoms with Crippen molar-refractivity contribution in [1.29, 1.82) is 0 Å². The molecule has 0 saturated carbocycles. The first kappa shape index (κ1) is 18.1. The van der Waals surface area contributed by atoms with Crippen LogP contribution in [-0.2, 0) is 16.0 Å². The van der Waals surface area contributed by atoms with Crippen LogP contribution in [0.4, 0.5) is 10.8 Å². The van der Waals surface area contributed by atoms with E-state index in [2.05, 4.69) is 20.2 Å². The Kier molecular flexibility index (Phi) is 5.84. The number of benzene rings is 1. The van der Waals surface area contributed by atoms with E-state index in [0.29, 0.717) is 16.4 Å². The van der Waals surface area contributed by atoms with Crippen molar-refractivity contribution >= 4 is 34.3 Å². The normalized spacial score (nSPS) is 10.6. The Morgan fingerprint density at radius 2 is 2.28 bits per heavy atom. The second-order valence-corrected chi connectivity index (χ2v) is 5.47. The molecule has 0 aliphatic heterocycles. The van der Waals surface area contributed by atoms with Crippen molar-refractivity contribution in [3.05, 3.63) is 38.9 Å². The summed E-state index contributed by atoms with van der Waals surface area (Å²) < 4.78 is 9.45. The average Bonchev–Trinajstić information content (AvgIpc) is 3.02. The molecule has 1 aromatic heterocycles. The highest BCUT2D eigenvalue weighted by molar-refractivity contribution is 7.13. The van der Waals surface area contributed by atoms with E-state index < -0.39 is 22.3 Å². The summed E-state index contributed by atoms with van der Waals surface area (Å²) in [6.45, 7) is 0. The van der Waals surface area contributed by atoms with E-state index in [-0.39, 0.29) is 12.2 Å². The number of phenols is 1. The molecule has 11 heteroatoms. The number of hydrogen-bond acceptors (Lipinski definition) is 10. The Balaban J connectivity index is 2.11.